The summed E-state index contributed by atoms with van der Waals surface area (Å²) < 4.78 is 0. The van der Waals surface area contributed by atoms with E-state index in [9.17, 15) is 0 Å². The van der Waals surface area contributed by atoms with E-state index in [2.05, 4.69) is 54.3 Å². The van der Waals surface area contributed by atoms with Crippen LogP contribution in [0.2, 0.25) is 0 Å². The minimum atomic E-state index is 0.461. The molecule has 0 aliphatic heterocycles. The molecule has 0 spiro atoms. The molecule has 5 heteroatoms. The van der Waals surface area contributed by atoms with E-state index in [1.54, 1.807) is 0 Å². The lowest BCUT2D eigenvalue weighted by atomic mass is 10.2. The van der Waals surface area contributed by atoms with Crippen molar-refractivity contribution in [3.8, 4) is 0 Å². The van der Waals surface area contributed by atoms with Crippen LogP contribution in [0.4, 0.5) is 5.82 Å². The fourth-order valence-corrected chi connectivity index (χ4v) is 2.69. The highest BCUT2D eigenvalue weighted by atomic mass is 32.2. The van der Waals surface area contributed by atoms with Gasteiger partial charge in [-0.2, -0.15) is 11.8 Å². The van der Waals surface area contributed by atoms with E-state index in [1.807, 2.05) is 24.2 Å². The molecule has 0 aliphatic carbocycles. The van der Waals surface area contributed by atoms with Gasteiger partial charge in [0.1, 0.15) is 5.82 Å². The summed E-state index contributed by atoms with van der Waals surface area (Å²) in [5, 5.41) is 3.37. The maximum Gasteiger partial charge on any atom is 0.147 e. The van der Waals surface area contributed by atoms with Crippen LogP contribution in [0.25, 0.3) is 0 Å². The monoisotopic (exact) mass is 282 g/mol. The van der Waals surface area contributed by atoms with Gasteiger partial charge in [-0.25, -0.2) is 4.98 Å². The number of nitrogens with zero attached hydrogens (tertiary/aromatic N) is 3. The van der Waals surface area contributed by atoms with Crippen LogP contribution in [-0.2, 0) is 6.54 Å². The average Bonchev–Trinajstić information content (AvgIpc) is 2.42. The normalized spacial score (nSPS) is 12.7. The van der Waals surface area contributed by atoms with E-state index >= 15 is 0 Å². The third-order valence-corrected chi connectivity index (χ3v) is 3.82. The van der Waals surface area contributed by atoms with Crippen LogP contribution in [0, 0.1) is 0 Å². The highest BCUT2D eigenvalue weighted by Gasteiger charge is 2.14. The first-order valence-corrected chi connectivity index (χ1v) is 8.23. The largest absolute Gasteiger partial charge is 0.355 e. The number of hydrogen-bond acceptors (Lipinski definition) is 5. The molecule has 1 unspecified atom stereocenters. The number of hydrogen-bond donors (Lipinski definition) is 1. The van der Waals surface area contributed by atoms with Gasteiger partial charge in [0, 0.05) is 37.6 Å². The Bertz CT molecular complexity index is 370. The molecule has 4 nitrogen and oxygen atoms in total. The average molecular weight is 282 g/mol. The lowest BCUT2D eigenvalue weighted by Crippen LogP contribution is -2.34. The molecule has 0 saturated heterocycles. The zero-order valence-corrected chi connectivity index (χ0v) is 13.5. The molecule has 0 aliphatic rings. The van der Waals surface area contributed by atoms with Gasteiger partial charge in [0.25, 0.3) is 0 Å². The van der Waals surface area contributed by atoms with Crippen molar-refractivity contribution in [1.29, 1.82) is 0 Å². The second-order valence-corrected chi connectivity index (χ2v) is 5.94. The smallest absolute Gasteiger partial charge is 0.147 e. The highest BCUT2D eigenvalue weighted by molar-refractivity contribution is 7.98. The number of thioether (sulfide) groups is 1. The molecule has 0 saturated carbocycles. The maximum atomic E-state index is 4.69. The van der Waals surface area contributed by atoms with Gasteiger partial charge in [0.05, 0.1) is 11.9 Å². The van der Waals surface area contributed by atoms with Gasteiger partial charge in [-0.05, 0) is 12.7 Å². The van der Waals surface area contributed by atoms with Crippen molar-refractivity contribution in [3.63, 3.8) is 0 Å². The van der Waals surface area contributed by atoms with Crippen LogP contribution in [0.1, 0.15) is 32.9 Å². The Hall–Kier alpha value is -0.810. The first-order valence-electron chi connectivity index (χ1n) is 6.84. The Balaban J connectivity index is 2.73. The quantitative estimate of drug-likeness (QED) is 0.793. The van der Waals surface area contributed by atoms with E-state index in [4.69, 9.17) is 0 Å². The molecular weight excluding hydrogens is 256 g/mol. The standard InChI is InChI=1S/C14H26N4S/c1-6-13(10-19-5)18(4)14-9-15-7-12(17-14)8-16-11(2)3/h7,9,11,13,16H,6,8,10H2,1-5H3. The van der Waals surface area contributed by atoms with E-state index in [-0.39, 0.29) is 0 Å². The first-order chi connectivity index (χ1) is 9.08. The Kier molecular flexibility index (Phi) is 7.16. The fourth-order valence-electron chi connectivity index (χ4n) is 1.84. The molecule has 1 aromatic rings. The van der Waals surface area contributed by atoms with E-state index in [1.165, 1.54) is 0 Å². The highest BCUT2D eigenvalue weighted by Crippen LogP contribution is 2.16. The van der Waals surface area contributed by atoms with Crippen LogP contribution in [0.5, 0.6) is 0 Å². The molecule has 0 radical (unpaired) electrons. The summed E-state index contributed by atoms with van der Waals surface area (Å²) in [7, 11) is 2.11. The van der Waals surface area contributed by atoms with Gasteiger partial charge in [-0.1, -0.05) is 20.8 Å². The van der Waals surface area contributed by atoms with Crippen molar-refractivity contribution in [3.05, 3.63) is 18.1 Å². The van der Waals surface area contributed by atoms with Crippen molar-refractivity contribution in [2.45, 2.75) is 45.8 Å². The number of rotatable bonds is 8. The molecule has 1 atom stereocenters. The first kappa shape index (κ1) is 16.2. The van der Waals surface area contributed by atoms with Crippen molar-refractivity contribution in [1.82, 2.24) is 15.3 Å². The molecular formula is C14H26N4S. The summed E-state index contributed by atoms with van der Waals surface area (Å²) >= 11 is 1.87. The van der Waals surface area contributed by atoms with Crippen LogP contribution < -0.4 is 10.2 Å². The van der Waals surface area contributed by atoms with Gasteiger partial charge in [0.2, 0.25) is 0 Å². The van der Waals surface area contributed by atoms with Crippen LogP contribution in [0.15, 0.2) is 12.4 Å². The van der Waals surface area contributed by atoms with Crippen molar-refractivity contribution in [2.24, 2.45) is 0 Å². The second kappa shape index (κ2) is 8.38. The lowest BCUT2D eigenvalue weighted by Gasteiger charge is -2.27. The molecule has 0 amide bonds. The summed E-state index contributed by atoms with van der Waals surface area (Å²) in [6.45, 7) is 7.25. The fraction of sp³-hybridized carbons (Fsp3) is 0.714. The molecule has 0 bridgehead atoms. The van der Waals surface area contributed by atoms with Gasteiger partial charge in [0.15, 0.2) is 0 Å². The molecule has 1 N–H and O–H groups in total. The lowest BCUT2D eigenvalue weighted by molar-refractivity contribution is 0.578. The molecule has 108 valence electrons. The summed E-state index contributed by atoms with van der Waals surface area (Å²) in [6, 6.07) is 0.973. The topological polar surface area (TPSA) is 41.1 Å². The molecule has 0 aromatic carbocycles. The molecule has 19 heavy (non-hydrogen) atoms. The minimum Gasteiger partial charge on any atom is -0.355 e. The Morgan fingerprint density at radius 1 is 1.37 bits per heavy atom. The van der Waals surface area contributed by atoms with Crippen LogP contribution in [-0.4, -0.2) is 41.1 Å². The summed E-state index contributed by atoms with van der Waals surface area (Å²) in [6.07, 6.45) is 6.95. The van der Waals surface area contributed by atoms with Gasteiger partial charge < -0.3 is 10.2 Å². The van der Waals surface area contributed by atoms with Crippen LogP contribution >= 0.6 is 11.8 Å². The van der Waals surface area contributed by atoms with Gasteiger partial charge >= 0.3 is 0 Å². The predicted octanol–water partition coefficient (Wildman–Crippen LogP) is 2.55. The third-order valence-electron chi connectivity index (χ3n) is 3.10. The summed E-state index contributed by atoms with van der Waals surface area (Å²) in [5.74, 6) is 2.08. The maximum absolute atomic E-state index is 4.69. The Labute approximate surface area is 121 Å². The molecule has 1 rings (SSSR count). The zero-order chi connectivity index (χ0) is 14.3. The van der Waals surface area contributed by atoms with Crippen molar-refractivity contribution >= 4 is 17.6 Å². The zero-order valence-electron chi connectivity index (χ0n) is 12.7. The molecule has 1 aromatic heterocycles. The minimum absolute atomic E-state index is 0.461. The van der Waals surface area contributed by atoms with E-state index in [0.29, 0.717) is 12.1 Å². The summed E-state index contributed by atoms with van der Waals surface area (Å²) in [4.78, 5) is 11.2. The Morgan fingerprint density at radius 2 is 2.11 bits per heavy atom. The number of anilines is 1. The predicted molar refractivity (Wildman–Crippen MR) is 84.9 cm³/mol. The molecule has 0 fully saturated rings. The van der Waals surface area contributed by atoms with Gasteiger partial charge in [-0.15, -0.1) is 0 Å². The Morgan fingerprint density at radius 3 is 2.68 bits per heavy atom. The number of aromatic nitrogens is 2. The van der Waals surface area contributed by atoms with Crippen molar-refractivity contribution < 1.29 is 0 Å². The second-order valence-electron chi connectivity index (χ2n) is 5.03. The third kappa shape index (κ3) is 5.37. The SMILES string of the molecule is CCC(CSC)N(C)c1cncc(CNC(C)C)n1. The van der Waals surface area contributed by atoms with Crippen LogP contribution in [0.3, 0.4) is 0 Å². The van der Waals surface area contributed by atoms with E-state index in [0.717, 1.165) is 30.2 Å². The van der Waals surface area contributed by atoms with Crippen molar-refractivity contribution in [2.75, 3.05) is 24.0 Å². The molecule has 1 heterocycles. The van der Waals surface area contributed by atoms with E-state index < -0.39 is 0 Å². The number of nitrogens with one attached hydrogen (secondary N) is 1. The summed E-state index contributed by atoms with van der Waals surface area (Å²) in [5.41, 5.74) is 0.997. The van der Waals surface area contributed by atoms with Gasteiger partial charge in [-0.3, -0.25) is 4.98 Å².